The molecule has 2 nitrogen and oxygen atoms in total. The Kier molecular flexibility index (Phi) is 4.61. The molecule has 3 aromatic carbocycles. The van der Waals surface area contributed by atoms with Crippen molar-refractivity contribution in [1.82, 2.24) is 0 Å². The van der Waals surface area contributed by atoms with Crippen LogP contribution in [0.15, 0.2) is 95.7 Å². The molecule has 0 radical (unpaired) electrons. The van der Waals surface area contributed by atoms with Crippen LogP contribution in [-0.2, 0) is 0 Å². The van der Waals surface area contributed by atoms with Gasteiger partial charge in [0.1, 0.15) is 0 Å². The van der Waals surface area contributed by atoms with E-state index in [2.05, 4.69) is 106 Å². The molecule has 2 N–H and O–H groups in total. The molecular formula is C30H18B2N2S4. The van der Waals surface area contributed by atoms with E-state index in [-0.39, 0.29) is 13.7 Å². The normalized spacial score (nSPS) is 13.6. The third-order valence-corrected chi connectivity index (χ3v) is 12.3. The van der Waals surface area contributed by atoms with Gasteiger partial charge in [-0.15, -0.1) is 45.3 Å². The van der Waals surface area contributed by atoms with E-state index in [0.717, 1.165) is 0 Å². The molecule has 0 saturated heterocycles. The lowest BCUT2D eigenvalue weighted by Gasteiger charge is -2.30. The van der Waals surface area contributed by atoms with Crippen molar-refractivity contribution in [3.8, 4) is 20.9 Å². The molecule has 0 amide bonds. The summed E-state index contributed by atoms with van der Waals surface area (Å²) in [5, 5.41) is 12.4. The predicted octanol–water partition coefficient (Wildman–Crippen LogP) is 6.64. The highest BCUT2D eigenvalue weighted by atomic mass is 32.1. The molecular weight excluding hydrogens is 538 g/mol. The monoisotopic (exact) mass is 556 g/mol. The van der Waals surface area contributed by atoms with Gasteiger partial charge in [0.15, 0.2) is 0 Å². The number of fused-ring (bicyclic) bond motifs is 10. The predicted molar refractivity (Wildman–Crippen MR) is 174 cm³/mol. The lowest BCUT2D eigenvalue weighted by Crippen LogP contribution is -2.52. The number of nitrogens with one attached hydrogen (secondary N) is 2. The first-order valence-electron chi connectivity index (χ1n) is 12.6. The minimum Gasteiger partial charge on any atom is -0.420 e. The van der Waals surface area contributed by atoms with Crippen LogP contribution in [0.4, 0.5) is 11.4 Å². The fourth-order valence-corrected chi connectivity index (χ4v) is 11.0. The van der Waals surface area contributed by atoms with Crippen LogP contribution in [0.2, 0.25) is 0 Å². The first-order chi connectivity index (χ1) is 18.8. The van der Waals surface area contributed by atoms with Gasteiger partial charge in [-0.25, -0.2) is 0 Å². The first-order valence-corrected chi connectivity index (χ1v) is 16.0. The van der Waals surface area contributed by atoms with Crippen LogP contribution in [0.3, 0.4) is 0 Å². The molecule has 0 unspecified atom stereocenters. The van der Waals surface area contributed by atoms with Crippen LogP contribution in [-0.4, -0.2) is 13.7 Å². The minimum atomic E-state index is 0.139. The van der Waals surface area contributed by atoms with Crippen molar-refractivity contribution in [2.24, 2.45) is 0 Å². The number of rotatable bonds is 2. The van der Waals surface area contributed by atoms with E-state index in [9.17, 15) is 0 Å². The van der Waals surface area contributed by atoms with Crippen molar-refractivity contribution in [2.45, 2.75) is 0 Å². The van der Waals surface area contributed by atoms with Crippen LogP contribution in [0.25, 0.3) is 39.7 Å². The summed E-state index contributed by atoms with van der Waals surface area (Å²) in [4.78, 5) is 2.81. The Morgan fingerprint density at radius 3 is 1.47 bits per heavy atom. The quantitative estimate of drug-likeness (QED) is 0.234. The fraction of sp³-hybridized carbons (Fsp3) is 0. The van der Waals surface area contributed by atoms with Gasteiger partial charge >= 0.3 is 13.7 Å². The summed E-state index contributed by atoms with van der Waals surface area (Å²) in [7, 11) is 0. The Bertz CT molecular complexity index is 1860. The SMILES string of the molecule is c1ccc(B2Nc3cc4c(cc3-c3sc5ccsc5c32)-c2sc3ccsc3c2B(c2ccccc2)N4)cc1. The van der Waals surface area contributed by atoms with E-state index in [1.807, 2.05) is 45.3 Å². The molecule has 2 aliphatic rings. The van der Waals surface area contributed by atoms with Crippen LogP contribution in [0, 0.1) is 0 Å². The Labute approximate surface area is 236 Å². The van der Waals surface area contributed by atoms with Gasteiger partial charge in [-0.3, -0.25) is 0 Å². The number of anilines is 2. The third kappa shape index (κ3) is 3.00. The zero-order valence-corrected chi connectivity index (χ0v) is 23.3. The molecule has 2 aliphatic heterocycles. The van der Waals surface area contributed by atoms with E-state index >= 15 is 0 Å². The summed E-state index contributed by atoms with van der Waals surface area (Å²) in [6.45, 7) is 0.278. The average Bonchev–Trinajstić information content (AvgIpc) is 3.74. The van der Waals surface area contributed by atoms with E-state index in [1.54, 1.807) is 0 Å². The van der Waals surface area contributed by atoms with Gasteiger partial charge in [0, 0.05) is 51.1 Å². The van der Waals surface area contributed by atoms with E-state index in [1.165, 1.54) is 72.9 Å². The fourth-order valence-electron chi connectivity index (χ4n) is 6.07. The standard InChI is InChI=1S/C30H18B2N2S4/c1-3-7-17(8-4-1)31-25-27(37-23-11-13-35-29(23)25)19-15-20-22(16-21(19)33-31)34-32(18-9-5-2-6-10-18)26-28(20)38-24-12-14-36-30(24)26/h1-16,33-34H. The summed E-state index contributed by atoms with van der Waals surface area (Å²) in [6.07, 6.45) is 0. The van der Waals surface area contributed by atoms with Gasteiger partial charge < -0.3 is 10.5 Å². The maximum Gasteiger partial charge on any atom is 0.323 e. The van der Waals surface area contributed by atoms with Gasteiger partial charge in [0.2, 0.25) is 0 Å². The number of hydrogen-bond donors (Lipinski definition) is 2. The second-order valence-corrected chi connectivity index (χ2v) is 13.8. The summed E-state index contributed by atoms with van der Waals surface area (Å²) in [6, 6.07) is 31.1. The summed E-state index contributed by atoms with van der Waals surface area (Å²) in [5.74, 6) is 0. The smallest absolute Gasteiger partial charge is 0.323 e. The molecule has 0 atom stereocenters. The Morgan fingerprint density at radius 1 is 0.526 bits per heavy atom. The minimum absolute atomic E-state index is 0.139. The number of thiophene rings is 4. The highest BCUT2D eigenvalue weighted by Crippen LogP contribution is 2.48. The summed E-state index contributed by atoms with van der Waals surface area (Å²) >= 11 is 7.60. The maximum atomic E-state index is 3.97. The van der Waals surface area contributed by atoms with Crippen LogP contribution in [0.5, 0.6) is 0 Å². The van der Waals surface area contributed by atoms with Gasteiger partial charge in [-0.1, -0.05) is 71.6 Å². The second kappa shape index (κ2) is 8.10. The molecule has 0 spiro atoms. The molecule has 38 heavy (non-hydrogen) atoms. The van der Waals surface area contributed by atoms with Crippen molar-refractivity contribution < 1.29 is 0 Å². The molecule has 0 bridgehead atoms. The van der Waals surface area contributed by atoms with Gasteiger partial charge in [-0.05, 0) is 46.0 Å². The lowest BCUT2D eigenvalue weighted by atomic mass is 9.48. The molecule has 178 valence electrons. The molecule has 7 aromatic rings. The van der Waals surface area contributed by atoms with Crippen molar-refractivity contribution in [2.75, 3.05) is 10.5 Å². The molecule has 0 saturated carbocycles. The second-order valence-electron chi connectivity index (χ2n) is 9.84. The van der Waals surface area contributed by atoms with Crippen molar-refractivity contribution in [3.63, 3.8) is 0 Å². The summed E-state index contributed by atoms with van der Waals surface area (Å²) < 4.78 is 5.59. The van der Waals surface area contributed by atoms with Crippen molar-refractivity contribution in [3.05, 3.63) is 95.7 Å². The molecule has 6 heterocycles. The van der Waals surface area contributed by atoms with Crippen LogP contribution < -0.4 is 32.3 Å². The zero-order valence-electron chi connectivity index (χ0n) is 20.0. The largest absolute Gasteiger partial charge is 0.420 e. The number of benzene rings is 3. The molecule has 4 aromatic heterocycles. The Hall–Kier alpha value is -3.29. The lowest BCUT2D eigenvalue weighted by molar-refractivity contribution is 1.59. The van der Waals surface area contributed by atoms with Crippen LogP contribution in [0.1, 0.15) is 0 Å². The molecule has 8 heteroatoms. The zero-order chi connectivity index (χ0) is 24.8. The van der Waals surface area contributed by atoms with Crippen molar-refractivity contribution >= 4 is 111 Å². The van der Waals surface area contributed by atoms with Crippen LogP contribution >= 0.6 is 45.3 Å². The average molecular weight is 556 g/mol. The topological polar surface area (TPSA) is 24.1 Å². The Balaban J connectivity index is 1.29. The molecule has 0 aliphatic carbocycles. The van der Waals surface area contributed by atoms with Gasteiger partial charge in [0.25, 0.3) is 0 Å². The van der Waals surface area contributed by atoms with E-state index in [4.69, 9.17) is 0 Å². The maximum absolute atomic E-state index is 3.97. The molecule has 0 fully saturated rings. The molecule has 9 rings (SSSR count). The first kappa shape index (κ1) is 21.6. The van der Waals surface area contributed by atoms with Gasteiger partial charge in [0.05, 0.1) is 0 Å². The van der Waals surface area contributed by atoms with E-state index < -0.39 is 0 Å². The summed E-state index contributed by atoms with van der Waals surface area (Å²) in [5.41, 5.74) is 10.5. The highest BCUT2D eigenvalue weighted by molar-refractivity contribution is 7.33. The Morgan fingerprint density at radius 2 is 1.00 bits per heavy atom. The van der Waals surface area contributed by atoms with E-state index in [0.29, 0.717) is 0 Å². The third-order valence-electron chi connectivity index (χ3n) is 7.75. The van der Waals surface area contributed by atoms with Gasteiger partial charge in [-0.2, -0.15) is 0 Å². The highest BCUT2D eigenvalue weighted by Gasteiger charge is 2.38. The van der Waals surface area contributed by atoms with Crippen molar-refractivity contribution in [1.29, 1.82) is 0 Å². The number of hydrogen-bond acceptors (Lipinski definition) is 6.